The van der Waals surface area contributed by atoms with Crippen molar-refractivity contribution in [3.8, 4) is 0 Å². The molecule has 0 unspecified atom stereocenters. The lowest BCUT2D eigenvalue weighted by atomic mass is 10.1. The highest BCUT2D eigenvalue weighted by molar-refractivity contribution is 7.54. The molecule has 0 bridgehead atoms. The molecule has 0 amide bonds. The molecule has 0 rings (SSSR count). The number of halogens is 1. The maximum Gasteiger partial charge on any atom is 0.370 e. The van der Waals surface area contributed by atoms with Crippen molar-refractivity contribution in [3.05, 3.63) is 0 Å². The number of rotatable bonds is 8. The monoisotopic (exact) mass is 365 g/mol. The highest BCUT2D eigenvalue weighted by Gasteiger charge is 2.42. The number of carbonyl (C=O) groups is 2. The van der Waals surface area contributed by atoms with Gasteiger partial charge in [0.1, 0.15) is 6.04 Å². The second-order valence-electron chi connectivity index (χ2n) is 4.73. The summed E-state index contributed by atoms with van der Waals surface area (Å²) >= 11 is 0. The van der Waals surface area contributed by atoms with Crippen molar-refractivity contribution in [2.75, 3.05) is 13.2 Å². The van der Waals surface area contributed by atoms with Gasteiger partial charge in [-0.1, -0.05) is 13.8 Å². The molecule has 0 saturated carbocycles. The van der Waals surface area contributed by atoms with E-state index in [4.69, 9.17) is 31.7 Å². The number of carbonyl (C=O) groups excluding carboxylic acids is 1. The van der Waals surface area contributed by atoms with Gasteiger partial charge in [0, 0.05) is 6.42 Å². The number of quaternary nitrogens is 1. The normalized spacial score (nSPS) is 14.2. The van der Waals surface area contributed by atoms with Gasteiger partial charge in [-0.2, -0.15) is 0 Å². The first-order valence-corrected chi connectivity index (χ1v) is 8.43. The van der Waals surface area contributed by atoms with Gasteiger partial charge in [-0.25, -0.2) is 9.18 Å². The fourth-order valence-corrected chi connectivity index (χ4v) is 3.23. The van der Waals surface area contributed by atoms with E-state index in [0.717, 1.165) is 0 Å². The summed E-state index contributed by atoms with van der Waals surface area (Å²) in [5, 5.41) is 16.3. The molecule has 11 heteroatoms. The van der Waals surface area contributed by atoms with Crippen LogP contribution >= 0.6 is 7.60 Å². The number of aliphatic carboxylic acids is 2. The van der Waals surface area contributed by atoms with E-state index < -0.39 is 31.5 Å². The summed E-state index contributed by atoms with van der Waals surface area (Å²) in [7, 11) is -3.65. The van der Waals surface area contributed by atoms with Crippen LogP contribution in [0.2, 0.25) is 0 Å². The lowest BCUT2D eigenvalue weighted by Gasteiger charge is -2.23. The van der Waals surface area contributed by atoms with Gasteiger partial charge in [0.15, 0.2) is 5.97 Å². The molecule has 0 radical (unpaired) electrons. The van der Waals surface area contributed by atoms with Crippen molar-refractivity contribution >= 4 is 19.5 Å². The number of carboxylic acids is 2. The van der Waals surface area contributed by atoms with E-state index in [9.17, 15) is 8.96 Å². The smallest absolute Gasteiger partial charge is 0.370 e. The summed E-state index contributed by atoms with van der Waals surface area (Å²) in [5.41, 5.74) is 6.45. The Kier molecular flexibility index (Phi) is 12.8. The molecule has 0 aliphatic rings. The summed E-state index contributed by atoms with van der Waals surface area (Å²) in [5.74, 6) is -5.35. The van der Waals surface area contributed by atoms with Crippen LogP contribution in [-0.2, 0) is 23.2 Å². The van der Waals surface area contributed by atoms with E-state index in [0.29, 0.717) is 12.3 Å². The Hall–Kier alpha value is -1.06. The third-order valence-corrected chi connectivity index (χ3v) is 4.52. The van der Waals surface area contributed by atoms with Crippen LogP contribution in [0.15, 0.2) is 0 Å². The van der Waals surface area contributed by atoms with Crippen molar-refractivity contribution in [1.82, 2.24) is 0 Å². The molecule has 140 valence electrons. The van der Waals surface area contributed by atoms with Crippen LogP contribution in [-0.4, -0.2) is 50.6 Å². The zero-order valence-electron chi connectivity index (χ0n) is 15.7. The predicted molar refractivity (Wildman–Crippen MR) is 78.1 cm³/mol. The second-order valence-corrected chi connectivity index (χ2v) is 6.82. The molecule has 6 N–H and O–H groups in total. The van der Waals surface area contributed by atoms with Crippen LogP contribution in [0.3, 0.4) is 0 Å². The lowest BCUT2D eigenvalue weighted by Crippen LogP contribution is -2.65. The second kappa shape index (κ2) is 13.4. The van der Waals surface area contributed by atoms with E-state index in [-0.39, 0.29) is 13.2 Å². The predicted octanol–water partition coefficient (Wildman–Crippen LogP) is -0.799. The molecular weight excluding hydrogens is 336 g/mol. The van der Waals surface area contributed by atoms with Gasteiger partial charge in [0.05, 0.1) is 13.2 Å². The molecule has 2 atom stereocenters. The average Bonchev–Trinajstić information content (AvgIpc) is 2.47. The summed E-state index contributed by atoms with van der Waals surface area (Å²) in [6.45, 7) is 7.62. The Morgan fingerprint density at radius 1 is 1.39 bits per heavy atom. The van der Waals surface area contributed by atoms with Crippen LogP contribution in [0.5, 0.6) is 0 Å². The van der Waals surface area contributed by atoms with Crippen molar-refractivity contribution in [3.63, 3.8) is 0 Å². The third kappa shape index (κ3) is 12.1. The molecule has 0 heterocycles. The molecule has 0 aliphatic carbocycles. The largest absolute Gasteiger partial charge is 0.539 e. The fourth-order valence-electron chi connectivity index (χ4n) is 1.52. The number of carboxylic acid groups (broad SMARTS) is 2. The zero-order valence-corrected chi connectivity index (χ0v) is 14.6. The first-order valence-electron chi connectivity index (χ1n) is 7.63. The molecule has 0 aliphatic heterocycles. The van der Waals surface area contributed by atoms with Gasteiger partial charge >= 0.3 is 13.6 Å². The van der Waals surface area contributed by atoms with Crippen LogP contribution in [0, 0.1) is 5.92 Å². The van der Waals surface area contributed by atoms with Gasteiger partial charge in [-0.15, -0.1) is 0 Å². The van der Waals surface area contributed by atoms with E-state index in [1.54, 1.807) is 13.8 Å². The standard InChI is InChI=1S/C10H23FNO3P.C2H2O4.H2O/c1-5-14-16(13,15-6-2)10(11)9(12)7-8(3)4;3-1(4)2(5)6;/h8-10H,5-7,12H2,1-4H3;(H,3,4)(H,5,6);1H2/t9-,10+;;/m0../s1/i/hD2. The lowest BCUT2D eigenvalue weighted by molar-refractivity contribution is -0.430. The van der Waals surface area contributed by atoms with E-state index in [1.165, 1.54) is 0 Å². The van der Waals surface area contributed by atoms with Gasteiger partial charge in [0.2, 0.25) is 2.86 Å². The number of hydrogen-bond donors (Lipinski definition) is 2. The summed E-state index contributed by atoms with van der Waals surface area (Å²) in [6.07, 6.45) is 0.561. The Balaban J connectivity index is -0.000000445. The molecule has 9 nitrogen and oxygen atoms in total. The highest BCUT2D eigenvalue weighted by Crippen LogP contribution is 2.54. The minimum atomic E-state index is -3.65. The van der Waals surface area contributed by atoms with Crippen molar-refractivity contribution < 1.29 is 49.0 Å². The Bertz CT molecular complexity index is 395. The van der Waals surface area contributed by atoms with E-state index in [1.807, 2.05) is 13.8 Å². The van der Waals surface area contributed by atoms with Crippen LogP contribution < -0.4 is 10.8 Å². The van der Waals surface area contributed by atoms with Gasteiger partial charge < -0.3 is 35.3 Å². The summed E-state index contributed by atoms with van der Waals surface area (Å²) in [4.78, 5) is 18.0. The van der Waals surface area contributed by atoms with Gasteiger partial charge in [0.25, 0.3) is 5.91 Å². The Morgan fingerprint density at radius 3 is 1.96 bits per heavy atom. The zero-order chi connectivity index (χ0) is 20.6. The van der Waals surface area contributed by atoms with E-state index in [2.05, 4.69) is 11.2 Å². The molecule has 23 heavy (non-hydrogen) atoms. The maximum atomic E-state index is 14.0. The first-order chi connectivity index (χ1) is 11.4. The molecule has 0 saturated heterocycles. The molecule has 0 aromatic rings. The maximum absolute atomic E-state index is 14.0. The number of hydrogen-bond acceptors (Lipinski definition) is 6. The topological polar surface area (TPSA) is 172 Å². The van der Waals surface area contributed by atoms with Crippen LogP contribution in [0.25, 0.3) is 0 Å². The van der Waals surface area contributed by atoms with Crippen molar-refractivity contribution in [1.29, 1.82) is 2.86 Å². The highest BCUT2D eigenvalue weighted by atomic mass is 31.2. The van der Waals surface area contributed by atoms with Crippen molar-refractivity contribution in [2.24, 2.45) is 5.92 Å². The Morgan fingerprint density at radius 2 is 1.74 bits per heavy atom. The summed E-state index contributed by atoms with van der Waals surface area (Å²) < 4.78 is 46.7. The Labute approximate surface area is 137 Å². The van der Waals surface area contributed by atoms with E-state index >= 15 is 0 Å². The SMILES string of the molecule is CCOP(=O)(OCC)[C@@H](F)[C@@H]([NH3+])CC(C)C.O=C([O-])C(=O)O.[2H]O[2H]. The molecule has 0 spiro atoms. The minimum absolute atomic E-state index is 0.173. The molecule has 0 fully saturated rings. The minimum Gasteiger partial charge on any atom is -0.539 e. The average molecular weight is 365 g/mol. The quantitative estimate of drug-likeness (QED) is 0.418. The van der Waals surface area contributed by atoms with Gasteiger partial charge in [-0.3, -0.25) is 4.57 Å². The van der Waals surface area contributed by atoms with Crippen LogP contribution in [0.1, 0.15) is 34.1 Å². The van der Waals surface area contributed by atoms with Crippen LogP contribution in [0.4, 0.5) is 4.39 Å². The van der Waals surface area contributed by atoms with Gasteiger partial charge in [-0.05, 0) is 19.8 Å². The summed E-state index contributed by atoms with van der Waals surface area (Å²) in [6, 6.07) is -0.566. The van der Waals surface area contributed by atoms with Crippen molar-refractivity contribution in [2.45, 2.75) is 46.1 Å². The molecule has 0 aromatic heterocycles. The first kappa shape index (κ1) is 21.9. The fraction of sp³-hybridized carbons (Fsp3) is 0.833. The molecule has 0 aromatic carbocycles. The number of alkyl halides is 1. The molecular formula is C12H27FNO8P. The third-order valence-electron chi connectivity index (χ3n) is 2.26.